The summed E-state index contributed by atoms with van der Waals surface area (Å²) in [4.78, 5) is 0. The summed E-state index contributed by atoms with van der Waals surface area (Å²) in [5.41, 5.74) is 4.95. The van der Waals surface area contributed by atoms with Crippen molar-refractivity contribution >= 4 is 6.08 Å². The minimum Gasteiger partial charge on any atom is -0.207 e. The zero-order valence-electron chi connectivity index (χ0n) is 12.0. The highest BCUT2D eigenvalue weighted by Gasteiger charge is 2.17. The molecule has 1 aliphatic carbocycles. The molecule has 0 amide bonds. The summed E-state index contributed by atoms with van der Waals surface area (Å²) >= 11 is 0. The van der Waals surface area contributed by atoms with Gasteiger partial charge in [-0.1, -0.05) is 43.2 Å². The van der Waals surface area contributed by atoms with Crippen molar-refractivity contribution < 1.29 is 8.78 Å². The van der Waals surface area contributed by atoms with Gasteiger partial charge in [-0.15, -0.1) is 0 Å². The molecule has 0 aromatic heterocycles. The molecule has 21 heavy (non-hydrogen) atoms. The maximum Gasteiger partial charge on any atom is 0.126 e. The predicted octanol–water partition coefficient (Wildman–Crippen LogP) is 5.77. The number of allylic oxidation sites excluding steroid dienone is 1. The zero-order valence-corrected chi connectivity index (χ0v) is 12.0. The van der Waals surface area contributed by atoms with Crippen LogP contribution in [0.15, 0.2) is 42.0 Å². The van der Waals surface area contributed by atoms with Gasteiger partial charge in [0.05, 0.1) is 0 Å². The van der Waals surface area contributed by atoms with E-state index < -0.39 is 11.6 Å². The molecule has 1 radical (unpaired) electrons. The van der Waals surface area contributed by atoms with Crippen LogP contribution >= 0.6 is 0 Å². The molecule has 0 saturated carbocycles. The summed E-state index contributed by atoms with van der Waals surface area (Å²) < 4.78 is 26.9. The molecule has 0 aliphatic heterocycles. The van der Waals surface area contributed by atoms with Crippen LogP contribution in [0, 0.1) is 18.1 Å². The Labute approximate surface area is 124 Å². The summed E-state index contributed by atoms with van der Waals surface area (Å²) in [5.74, 6) is -1.08. The highest BCUT2D eigenvalue weighted by molar-refractivity contribution is 5.83. The second kappa shape index (κ2) is 5.80. The van der Waals surface area contributed by atoms with Crippen LogP contribution in [0.1, 0.15) is 37.3 Å². The van der Waals surface area contributed by atoms with Crippen LogP contribution in [0.2, 0.25) is 0 Å². The third-order valence-electron chi connectivity index (χ3n) is 3.80. The SMILES string of the molecule is CCCCC1=Cc2c(cccc2-c2cc(F)cc(F)c2)[CH]1. The molecule has 1 aliphatic rings. The van der Waals surface area contributed by atoms with Gasteiger partial charge in [0.25, 0.3) is 0 Å². The van der Waals surface area contributed by atoms with Crippen molar-refractivity contribution in [3.05, 3.63) is 71.2 Å². The fourth-order valence-corrected chi connectivity index (χ4v) is 2.78. The standard InChI is InChI=1S/C19H17F2/c1-2-3-5-13-8-14-6-4-7-18(19(14)9-13)15-10-16(20)12-17(21)11-15/h4,6-12H,2-3,5H2,1H3. The molecule has 107 valence electrons. The minimum atomic E-state index is -0.542. The average Bonchev–Trinajstić information content (AvgIpc) is 2.86. The van der Waals surface area contributed by atoms with E-state index in [1.54, 1.807) is 0 Å². The van der Waals surface area contributed by atoms with Gasteiger partial charge in [-0.25, -0.2) is 8.78 Å². The molecule has 0 unspecified atom stereocenters. The van der Waals surface area contributed by atoms with Gasteiger partial charge < -0.3 is 0 Å². The van der Waals surface area contributed by atoms with Gasteiger partial charge in [0, 0.05) is 12.5 Å². The summed E-state index contributed by atoms with van der Waals surface area (Å²) in [7, 11) is 0. The minimum absolute atomic E-state index is 0.542. The first-order valence-electron chi connectivity index (χ1n) is 7.32. The molecule has 2 aromatic rings. The number of rotatable bonds is 4. The lowest BCUT2D eigenvalue weighted by Gasteiger charge is -2.08. The molecule has 0 saturated heterocycles. The Morgan fingerprint density at radius 3 is 2.48 bits per heavy atom. The summed E-state index contributed by atoms with van der Waals surface area (Å²) in [6.45, 7) is 2.17. The molecule has 2 aromatic carbocycles. The van der Waals surface area contributed by atoms with Crippen molar-refractivity contribution in [2.24, 2.45) is 0 Å². The largest absolute Gasteiger partial charge is 0.207 e. The number of hydrogen-bond donors (Lipinski definition) is 0. The molecular formula is C19H17F2. The first-order valence-corrected chi connectivity index (χ1v) is 7.32. The first-order chi connectivity index (χ1) is 10.2. The van der Waals surface area contributed by atoms with Crippen LogP contribution < -0.4 is 0 Å². The van der Waals surface area contributed by atoms with E-state index in [9.17, 15) is 8.78 Å². The van der Waals surface area contributed by atoms with Crippen molar-refractivity contribution in [3.63, 3.8) is 0 Å². The van der Waals surface area contributed by atoms with Crippen LogP contribution in [0.4, 0.5) is 8.78 Å². The second-order valence-electron chi connectivity index (χ2n) is 5.43. The van der Waals surface area contributed by atoms with Crippen LogP contribution in [0.5, 0.6) is 0 Å². The molecule has 0 bridgehead atoms. The van der Waals surface area contributed by atoms with E-state index >= 15 is 0 Å². The quantitative estimate of drug-likeness (QED) is 0.668. The van der Waals surface area contributed by atoms with Crippen molar-refractivity contribution in [2.45, 2.75) is 26.2 Å². The second-order valence-corrected chi connectivity index (χ2v) is 5.43. The van der Waals surface area contributed by atoms with Crippen molar-refractivity contribution in [2.75, 3.05) is 0 Å². The third kappa shape index (κ3) is 2.90. The van der Waals surface area contributed by atoms with Gasteiger partial charge in [0.2, 0.25) is 0 Å². The molecular weight excluding hydrogens is 266 g/mol. The maximum atomic E-state index is 13.4. The Morgan fingerprint density at radius 2 is 1.76 bits per heavy atom. The lowest BCUT2D eigenvalue weighted by Crippen LogP contribution is -1.89. The Bertz CT molecular complexity index is 678. The lowest BCUT2D eigenvalue weighted by molar-refractivity contribution is 0.584. The van der Waals surface area contributed by atoms with E-state index in [4.69, 9.17) is 0 Å². The topological polar surface area (TPSA) is 0 Å². The molecule has 2 heteroatoms. The molecule has 0 spiro atoms. The predicted molar refractivity (Wildman–Crippen MR) is 82.7 cm³/mol. The normalized spacial score (nSPS) is 13.2. The summed E-state index contributed by atoms with van der Waals surface area (Å²) in [5, 5.41) is 0. The molecule has 0 heterocycles. The van der Waals surface area contributed by atoms with Crippen LogP contribution in [0.25, 0.3) is 17.2 Å². The van der Waals surface area contributed by atoms with Crippen LogP contribution in [0.3, 0.4) is 0 Å². The lowest BCUT2D eigenvalue weighted by atomic mass is 9.97. The average molecular weight is 283 g/mol. The van der Waals surface area contributed by atoms with Gasteiger partial charge >= 0.3 is 0 Å². The summed E-state index contributed by atoms with van der Waals surface area (Å²) in [6.07, 6.45) is 7.67. The van der Waals surface area contributed by atoms with E-state index in [2.05, 4.69) is 19.4 Å². The molecule has 0 atom stereocenters. The molecule has 3 rings (SSSR count). The number of hydrogen-bond acceptors (Lipinski definition) is 0. The zero-order chi connectivity index (χ0) is 14.8. The van der Waals surface area contributed by atoms with E-state index in [1.807, 2.05) is 18.2 Å². The Kier molecular flexibility index (Phi) is 3.87. The number of unbranched alkanes of at least 4 members (excludes halogenated alkanes) is 1. The highest BCUT2D eigenvalue weighted by atomic mass is 19.1. The fourth-order valence-electron chi connectivity index (χ4n) is 2.78. The van der Waals surface area contributed by atoms with Crippen LogP contribution in [-0.2, 0) is 0 Å². The van der Waals surface area contributed by atoms with E-state index in [1.165, 1.54) is 17.7 Å². The van der Waals surface area contributed by atoms with Gasteiger partial charge in [0.1, 0.15) is 11.6 Å². The molecule has 0 fully saturated rings. The first kappa shape index (κ1) is 14.0. The van der Waals surface area contributed by atoms with E-state index in [-0.39, 0.29) is 0 Å². The molecule has 0 N–H and O–H groups in total. The van der Waals surface area contributed by atoms with Gasteiger partial charge in [-0.3, -0.25) is 0 Å². The fraction of sp³-hybridized carbons (Fsp3) is 0.211. The van der Waals surface area contributed by atoms with Gasteiger partial charge in [0.15, 0.2) is 0 Å². The van der Waals surface area contributed by atoms with Crippen molar-refractivity contribution in [1.82, 2.24) is 0 Å². The Balaban J connectivity index is 2.02. The van der Waals surface area contributed by atoms with Gasteiger partial charge in [-0.05, 0) is 47.2 Å². The Morgan fingerprint density at radius 1 is 1.00 bits per heavy atom. The van der Waals surface area contributed by atoms with E-state index in [0.29, 0.717) is 5.56 Å². The van der Waals surface area contributed by atoms with Crippen molar-refractivity contribution in [3.8, 4) is 11.1 Å². The Hall–Kier alpha value is -1.96. The summed E-state index contributed by atoms with van der Waals surface area (Å²) in [6, 6.07) is 9.57. The third-order valence-corrected chi connectivity index (χ3v) is 3.80. The maximum absolute atomic E-state index is 13.4. The van der Waals surface area contributed by atoms with Crippen molar-refractivity contribution in [1.29, 1.82) is 0 Å². The smallest absolute Gasteiger partial charge is 0.126 e. The number of benzene rings is 2. The monoisotopic (exact) mass is 283 g/mol. The van der Waals surface area contributed by atoms with Crippen LogP contribution in [-0.4, -0.2) is 0 Å². The highest BCUT2D eigenvalue weighted by Crippen LogP contribution is 2.36. The number of fused-ring (bicyclic) bond motifs is 1. The number of halogens is 2. The molecule has 0 nitrogen and oxygen atoms in total. The van der Waals surface area contributed by atoms with E-state index in [0.717, 1.165) is 42.0 Å². The van der Waals surface area contributed by atoms with Gasteiger partial charge in [-0.2, -0.15) is 0 Å².